The lowest BCUT2D eigenvalue weighted by Crippen LogP contribution is -2.42. The third kappa shape index (κ3) is 4.26. The first-order valence-electron chi connectivity index (χ1n) is 11.6. The zero-order valence-corrected chi connectivity index (χ0v) is 20.0. The molecule has 5 rings (SSSR count). The number of carboxylic acids is 1. The monoisotopic (exact) mass is 488 g/mol. The van der Waals surface area contributed by atoms with Crippen LogP contribution >= 0.6 is 11.6 Å². The van der Waals surface area contributed by atoms with Gasteiger partial charge in [-0.05, 0) is 40.8 Å². The molecule has 0 bridgehead atoms. The van der Waals surface area contributed by atoms with Gasteiger partial charge in [0.2, 0.25) is 0 Å². The van der Waals surface area contributed by atoms with E-state index in [1.54, 1.807) is 0 Å². The van der Waals surface area contributed by atoms with Gasteiger partial charge in [-0.15, -0.1) is 0 Å². The summed E-state index contributed by atoms with van der Waals surface area (Å²) in [6.07, 6.45) is 1.26. The number of amides is 1. The number of ether oxygens (including phenoxy) is 1. The molecule has 1 amide bonds. The Bertz CT molecular complexity index is 1380. The molecule has 1 atom stereocenters. The Morgan fingerprint density at radius 2 is 1.69 bits per heavy atom. The summed E-state index contributed by atoms with van der Waals surface area (Å²) >= 11 is 6.39. The van der Waals surface area contributed by atoms with Crippen molar-refractivity contribution < 1.29 is 19.4 Å². The van der Waals surface area contributed by atoms with Gasteiger partial charge in [0.1, 0.15) is 12.6 Å². The number of fused-ring (bicyclic) bond motifs is 4. The van der Waals surface area contributed by atoms with Gasteiger partial charge in [-0.2, -0.15) is 0 Å². The number of nitrogens with one attached hydrogen (secondary N) is 1. The Hall–Kier alpha value is -3.77. The van der Waals surface area contributed by atoms with Gasteiger partial charge >= 0.3 is 12.1 Å². The van der Waals surface area contributed by atoms with Crippen LogP contribution in [0.1, 0.15) is 29.5 Å². The molecule has 0 unspecified atom stereocenters. The van der Waals surface area contributed by atoms with Gasteiger partial charge in [-0.3, -0.25) is 0 Å². The largest absolute Gasteiger partial charge is 0.480 e. The van der Waals surface area contributed by atoms with Crippen LogP contribution in [0.4, 0.5) is 4.79 Å². The quantitative estimate of drug-likeness (QED) is 0.342. The number of carbonyl (C=O) groups is 2. The van der Waals surface area contributed by atoms with E-state index in [0.717, 1.165) is 38.7 Å². The highest BCUT2D eigenvalue weighted by atomic mass is 35.5. The number of carbonyl (C=O) groups excluding carboxylic acids is 1. The molecule has 6 nitrogen and oxygen atoms in total. The molecule has 35 heavy (non-hydrogen) atoms. The molecule has 0 saturated carbocycles. The van der Waals surface area contributed by atoms with Crippen LogP contribution in [0.2, 0.25) is 5.02 Å². The van der Waals surface area contributed by atoms with Gasteiger partial charge < -0.3 is 19.7 Å². The Balaban J connectivity index is 1.31. The van der Waals surface area contributed by atoms with Crippen molar-refractivity contribution in [3.8, 4) is 11.1 Å². The highest BCUT2D eigenvalue weighted by molar-refractivity contribution is 6.35. The minimum absolute atomic E-state index is 0.0962. The van der Waals surface area contributed by atoms with E-state index in [4.69, 9.17) is 16.3 Å². The Morgan fingerprint density at radius 3 is 2.31 bits per heavy atom. The standard InChI is InChI=1S/C28H25ClN2O4/c1-2-31-15-17(18-12-7-13-24(29)26(18)31)14-25(27(32)33)30-28(34)35-16-23-21-10-5-3-8-19(21)20-9-4-6-11-22(20)23/h3-13,15,23,25H,2,14,16H2,1H3,(H,30,34)(H,32,33)/t25-/m0/s1. The van der Waals surface area contributed by atoms with Gasteiger partial charge in [0.15, 0.2) is 0 Å². The maximum atomic E-state index is 12.7. The molecule has 178 valence electrons. The zero-order chi connectivity index (χ0) is 24.5. The maximum Gasteiger partial charge on any atom is 0.407 e. The Labute approximate surface area is 208 Å². The van der Waals surface area contributed by atoms with Crippen LogP contribution in [-0.2, 0) is 22.5 Å². The SMILES string of the molecule is CCn1cc(C[C@H](NC(=O)OCC2c3ccccc3-c3ccccc32)C(=O)O)c2cccc(Cl)c21. The van der Waals surface area contributed by atoms with Crippen LogP contribution < -0.4 is 5.32 Å². The van der Waals surface area contributed by atoms with Gasteiger partial charge in [0, 0.05) is 30.5 Å². The number of hydrogen-bond donors (Lipinski definition) is 2. The third-order valence-electron chi connectivity index (χ3n) is 6.63. The summed E-state index contributed by atoms with van der Waals surface area (Å²) in [7, 11) is 0. The lowest BCUT2D eigenvalue weighted by molar-refractivity contribution is -0.139. The number of para-hydroxylation sites is 1. The van der Waals surface area contributed by atoms with Crippen molar-refractivity contribution in [2.24, 2.45) is 0 Å². The third-order valence-corrected chi connectivity index (χ3v) is 6.94. The van der Waals surface area contributed by atoms with E-state index in [2.05, 4.69) is 17.4 Å². The zero-order valence-electron chi connectivity index (χ0n) is 19.2. The summed E-state index contributed by atoms with van der Waals surface area (Å²) in [5.41, 5.74) is 6.12. The Morgan fingerprint density at radius 1 is 1.03 bits per heavy atom. The van der Waals surface area contributed by atoms with E-state index in [0.29, 0.717) is 11.6 Å². The van der Waals surface area contributed by atoms with Crippen LogP contribution in [0, 0.1) is 0 Å². The number of rotatable bonds is 7. The van der Waals surface area contributed by atoms with Gasteiger partial charge in [-0.1, -0.05) is 72.3 Å². The lowest BCUT2D eigenvalue weighted by Gasteiger charge is -2.17. The maximum absolute atomic E-state index is 12.7. The van der Waals surface area contributed by atoms with Crippen LogP contribution in [0.25, 0.3) is 22.0 Å². The minimum Gasteiger partial charge on any atom is -0.480 e. The number of aliphatic carboxylic acids is 1. The van der Waals surface area contributed by atoms with E-state index in [9.17, 15) is 14.7 Å². The average Bonchev–Trinajstić information content (AvgIpc) is 3.38. The van der Waals surface area contributed by atoms with Crippen molar-refractivity contribution in [3.05, 3.63) is 94.6 Å². The molecule has 0 saturated heterocycles. The molecular weight excluding hydrogens is 464 g/mol. The van der Waals surface area contributed by atoms with Gasteiger partial charge in [-0.25, -0.2) is 9.59 Å². The van der Waals surface area contributed by atoms with Crippen LogP contribution in [0.3, 0.4) is 0 Å². The van der Waals surface area contributed by atoms with Crippen molar-refractivity contribution in [1.29, 1.82) is 0 Å². The fourth-order valence-electron chi connectivity index (χ4n) is 5.00. The lowest BCUT2D eigenvalue weighted by atomic mass is 9.98. The molecule has 0 spiro atoms. The molecule has 1 aliphatic carbocycles. The fraction of sp³-hybridized carbons (Fsp3) is 0.214. The predicted octanol–water partition coefficient (Wildman–Crippen LogP) is 5.85. The van der Waals surface area contributed by atoms with E-state index >= 15 is 0 Å². The molecule has 1 aromatic heterocycles. The predicted molar refractivity (Wildman–Crippen MR) is 136 cm³/mol. The van der Waals surface area contributed by atoms with Gasteiger partial charge in [0.25, 0.3) is 0 Å². The fourth-order valence-corrected chi connectivity index (χ4v) is 5.29. The average molecular weight is 489 g/mol. The molecule has 7 heteroatoms. The molecule has 1 aliphatic rings. The van der Waals surface area contributed by atoms with E-state index < -0.39 is 18.1 Å². The van der Waals surface area contributed by atoms with Gasteiger partial charge in [0.05, 0.1) is 10.5 Å². The molecule has 2 N–H and O–H groups in total. The molecule has 0 fully saturated rings. The summed E-state index contributed by atoms with van der Waals surface area (Å²) in [4.78, 5) is 24.7. The second-order valence-electron chi connectivity index (χ2n) is 8.64. The van der Waals surface area contributed by atoms with Crippen LogP contribution in [0.5, 0.6) is 0 Å². The number of aryl methyl sites for hydroxylation is 1. The van der Waals surface area contributed by atoms with Crippen LogP contribution in [0.15, 0.2) is 72.9 Å². The van der Waals surface area contributed by atoms with E-state index in [-0.39, 0.29) is 18.9 Å². The minimum atomic E-state index is -1.14. The van der Waals surface area contributed by atoms with Crippen molar-refractivity contribution in [2.75, 3.05) is 6.61 Å². The van der Waals surface area contributed by atoms with Crippen molar-refractivity contribution in [3.63, 3.8) is 0 Å². The second-order valence-corrected chi connectivity index (χ2v) is 9.05. The second kappa shape index (κ2) is 9.47. The first-order valence-corrected chi connectivity index (χ1v) is 12.0. The topological polar surface area (TPSA) is 80.6 Å². The number of aromatic nitrogens is 1. The van der Waals surface area contributed by atoms with E-state index in [1.165, 1.54) is 0 Å². The summed E-state index contributed by atoms with van der Waals surface area (Å²) < 4.78 is 7.54. The smallest absolute Gasteiger partial charge is 0.407 e. The Kier molecular flexibility index (Phi) is 6.22. The molecule has 0 radical (unpaired) electrons. The first kappa shape index (κ1) is 23.0. The summed E-state index contributed by atoms with van der Waals surface area (Å²) in [6, 6.07) is 20.5. The number of halogens is 1. The summed E-state index contributed by atoms with van der Waals surface area (Å²) in [6.45, 7) is 2.81. The van der Waals surface area contributed by atoms with Crippen molar-refractivity contribution >= 4 is 34.6 Å². The number of hydrogen-bond acceptors (Lipinski definition) is 3. The number of carboxylic acid groups (broad SMARTS) is 1. The molecule has 1 heterocycles. The highest BCUT2D eigenvalue weighted by Gasteiger charge is 2.30. The molecule has 4 aromatic rings. The van der Waals surface area contributed by atoms with Crippen molar-refractivity contribution in [1.82, 2.24) is 9.88 Å². The normalized spacial score (nSPS) is 13.3. The molecular formula is C28H25ClN2O4. The summed E-state index contributed by atoms with van der Waals surface area (Å²) in [5.74, 6) is -1.22. The number of nitrogens with zero attached hydrogens (tertiary/aromatic N) is 1. The van der Waals surface area contributed by atoms with E-state index in [1.807, 2.05) is 72.3 Å². The highest BCUT2D eigenvalue weighted by Crippen LogP contribution is 2.44. The number of benzene rings is 3. The molecule has 0 aliphatic heterocycles. The first-order chi connectivity index (χ1) is 17.0. The molecule has 3 aromatic carbocycles. The van der Waals surface area contributed by atoms with Crippen LogP contribution in [-0.4, -0.2) is 34.4 Å². The summed E-state index contributed by atoms with van der Waals surface area (Å²) in [5, 5.41) is 13.8. The number of alkyl carbamates (subject to hydrolysis) is 1. The van der Waals surface area contributed by atoms with Crippen molar-refractivity contribution in [2.45, 2.75) is 31.8 Å².